The molecule has 1 fully saturated rings. The van der Waals surface area contributed by atoms with Crippen molar-refractivity contribution in [1.82, 2.24) is 10.2 Å². The summed E-state index contributed by atoms with van der Waals surface area (Å²) in [6.45, 7) is 5.63. The van der Waals surface area contributed by atoms with E-state index in [1.54, 1.807) is 48.5 Å². The molecule has 5 rings (SSSR count). The van der Waals surface area contributed by atoms with E-state index in [1.165, 1.54) is 4.90 Å². The van der Waals surface area contributed by atoms with E-state index in [0.29, 0.717) is 10.7 Å². The zero-order valence-electron chi connectivity index (χ0n) is 28.5. The Hall–Kier alpha value is -4.14. The molecule has 0 aliphatic heterocycles. The Morgan fingerprint density at radius 2 is 1.45 bits per heavy atom. The van der Waals surface area contributed by atoms with Crippen LogP contribution >= 0.6 is 11.6 Å². The maximum atomic E-state index is 14.7. The van der Waals surface area contributed by atoms with Gasteiger partial charge in [-0.15, -0.1) is 0 Å². The molecular formula is C40H46ClN3O4S. The average Bonchev–Trinajstić information content (AvgIpc) is 3.10. The standard InChI is InChI=1S/C40H46ClN3O4S/c1-29(2)33-18-22-36(23-19-33)44(49(47,48)37-24-14-30(3)15-25-37)28-39(45)43(27-32-16-20-34(41)21-17-32)38(26-31-10-6-4-7-11-31)40(46)42-35-12-8-5-9-13-35/h4,6-7,10-11,14-25,29,35,38H,5,8-9,12-13,26-28H2,1-3H3,(H,42,46)/t38-/m1/s1. The van der Waals surface area contributed by atoms with Crippen molar-refractivity contribution in [3.8, 4) is 0 Å². The van der Waals surface area contributed by atoms with Gasteiger partial charge in [-0.2, -0.15) is 0 Å². The van der Waals surface area contributed by atoms with E-state index in [0.717, 1.165) is 58.7 Å². The maximum absolute atomic E-state index is 14.7. The van der Waals surface area contributed by atoms with Crippen molar-refractivity contribution in [1.29, 1.82) is 0 Å². The van der Waals surface area contributed by atoms with Gasteiger partial charge in [-0.25, -0.2) is 8.42 Å². The molecule has 7 nitrogen and oxygen atoms in total. The fourth-order valence-corrected chi connectivity index (χ4v) is 7.82. The smallest absolute Gasteiger partial charge is 0.264 e. The summed E-state index contributed by atoms with van der Waals surface area (Å²) in [6, 6.07) is 29.8. The third kappa shape index (κ3) is 9.52. The number of hydrogen-bond acceptors (Lipinski definition) is 4. The SMILES string of the molecule is Cc1ccc(S(=O)(=O)N(CC(=O)N(Cc2ccc(Cl)cc2)[C@H](Cc2ccccc2)C(=O)NC2CCCCC2)c2ccc(C(C)C)cc2)cc1. The van der Waals surface area contributed by atoms with Crippen LogP contribution in [0.25, 0.3) is 0 Å². The summed E-state index contributed by atoms with van der Waals surface area (Å²) < 4.78 is 29.8. The molecule has 1 aliphatic rings. The third-order valence-corrected chi connectivity index (χ3v) is 11.3. The molecule has 2 amide bonds. The number of benzene rings is 4. The van der Waals surface area contributed by atoms with Crippen molar-refractivity contribution in [3.05, 3.63) is 130 Å². The molecule has 0 aromatic heterocycles. The minimum Gasteiger partial charge on any atom is -0.352 e. The van der Waals surface area contributed by atoms with Gasteiger partial charge in [0, 0.05) is 24.0 Å². The highest BCUT2D eigenvalue weighted by atomic mass is 35.5. The van der Waals surface area contributed by atoms with Gasteiger partial charge in [-0.05, 0) is 78.8 Å². The Morgan fingerprint density at radius 1 is 0.816 bits per heavy atom. The number of rotatable bonds is 13. The van der Waals surface area contributed by atoms with Gasteiger partial charge in [0.15, 0.2) is 0 Å². The van der Waals surface area contributed by atoms with Gasteiger partial charge in [-0.1, -0.05) is 117 Å². The fraction of sp³-hybridized carbons (Fsp3) is 0.350. The summed E-state index contributed by atoms with van der Waals surface area (Å²) >= 11 is 6.21. The van der Waals surface area contributed by atoms with Crippen LogP contribution in [0.5, 0.6) is 0 Å². The van der Waals surface area contributed by atoms with Crippen LogP contribution in [-0.4, -0.2) is 43.8 Å². The molecule has 0 heterocycles. The second-order valence-corrected chi connectivity index (χ2v) is 15.6. The molecular weight excluding hydrogens is 654 g/mol. The molecule has 0 spiro atoms. The van der Waals surface area contributed by atoms with Gasteiger partial charge in [0.2, 0.25) is 11.8 Å². The Balaban J connectivity index is 1.56. The molecule has 4 aromatic rings. The van der Waals surface area contributed by atoms with E-state index in [1.807, 2.05) is 61.5 Å². The van der Waals surface area contributed by atoms with Crippen molar-refractivity contribution in [3.63, 3.8) is 0 Å². The number of anilines is 1. The number of nitrogens with zero attached hydrogens (tertiary/aromatic N) is 2. The fourth-order valence-electron chi connectivity index (χ4n) is 6.28. The lowest BCUT2D eigenvalue weighted by molar-refractivity contribution is -0.140. The minimum absolute atomic E-state index is 0.0323. The molecule has 1 N–H and O–H groups in total. The lowest BCUT2D eigenvalue weighted by atomic mass is 9.94. The first kappa shape index (κ1) is 36.1. The monoisotopic (exact) mass is 699 g/mol. The minimum atomic E-state index is -4.17. The highest BCUT2D eigenvalue weighted by Crippen LogP contribution is 2.28. The second kappa shape index (κ2) is 16.5. The van der Waals surface area contributed by atoms with Crippen molar-refractivity contribution in [2.45, 2.75) is 88.7 Å². The number of hydrogen-bond donors (Lipinski definition) is 1. The molecule has 1 atom stereocenters. The zero-order chi connectivity index (χ0) is 35.0. The second-order valence-electron chi connectivity index (χ2n) is 13.3. The summed E-state index contributed by atoms with van der Waals surface area (Å²) in [5.41, 5.74) is 4.01. The predicted octanol–water partition coefficient (Wildman–Crippen LogP) is 8.06. The number of carbonyl (C=O) groups excluding carboxylic acids is 2. The predicted molar refractivity (Wildman–Crippen MR) is 197 cm³/mol. The first-order chi connectivity index (χ1) is 23.5. The van der Waals surface area contributed by atoms with Gasteiger partial charge < -0.3 is 10.2 Å². The van der Waals surface area contributed by atoms with Crippen molar-refractivity contribution < 1.29 is 18.0 Å². The quantitative estimate of drug-likeness (QED) is 0.153. The zero-order valence-corrected chi connectivity index (χ0v) is 30.1. The van der Waals surface area contributed by atoms with Crippen molar-refractivity contribution >= 4 is 39.1 Å². The number of aryl methyl sites for hydroxylation is 1. The number of halogens is 1. The van der Waals surface area contributed by atoms with E-state index in [4.69, 9.17) is 11.6 Å². The van der Waals surface area contributed by atoms with Crippen LogP contribution in [0.15, 0.2) is 108 Å². The Bertz CT molecular complexity index is 1790. The molecule has 0 bridgehead atoms. The Morgan fingerprint density at radius 3 is 2.06 bits per heavy atom. The first-order valence-corrected chi connectivity index (χ1v) is 18.9. The van der Waals surface area contributed by atoms with Crippen LogP contribution < -0.4 is 9.62 Å². The van der Waals surface area contributed by atoms with E-state index >= 15 is 0 Å². The maximum Gasteiger partial charge on any atom is 0.264 e. The van der Waals surface area contributed by atoms with E-state index in [9.17, 15) is 18.0 Å². The topological polar surface area (TPSA) is 86.8 Å². The molecule has 1 saturated carbocycles. The van der Waals surface area contributed by atoms with Crippen molar-refractivity contribution in [2.75, 3.05) is 10.8 Å². The van der Waals surface area contributed by atoms with Crippen LogP contribution in [0, 0.1) is 6.92 Å². The lowest BCUT2D eigenvalue weighted by Gasteiger charge is -2.35. The van der Waals surface area contributed by atoms with E-state index in [-0.39, 0.29) is 35.7 Å². The van der Waals surface area contributed by atoms with Gasteiger partial charge in [0.05, 0.1) is 10.6 Å². The molecule has 49 heavy (non-hydrogen) atoms. The average molecular weight is 700 g/mol. The number of amides is 2. The summed E-state index contributed by atoms with van der Waals surface area (Å²) in [6.07, 6.45) is 5.29. The van der Waals surface area contributed by atoms with Crippen LogP contribution in [0.3, 0.4) is 0 Å². The molecule has 9 heteroatoms. The lowest BCUT2D eigenvalue weighted by Crippen LogP contribution is -2.55. The molecule has 4 aromatic carbocycles. The highest BCUT2D eigenvalue weighted by molar-refractivity contribution is 7.92. The van der Waals surface area contributed by atoms with Crippen LogP contribution in [-0.2, 0) is 32.6 Å². The normalized spacial score (nSPS) is 14.3. The largest absolute Gasteiger partial charge is 0.352 e. The van der Waals surface area contributed by atoms with Crippen LogP contribution in [0.1, 0.15) is 74.1 Å². The van der Waals surface area contributed by atoms with Crippen LogP contribution in [0.4, 0.5) is 5.69 Å². The van der Waals surface area contributed by atoms with Gasteiger partial charge in [-0.3, -0.25) is 13.9 Å². The van der Waals surface area contributed by atoms with Gasteiger partial charge >= 0.3 is 0 Å². The highest BCUT2D eigenvalue weighted by Gasteiger charge is 2.35. The summed E-state index contributed by atoms with van der Waals surface area (Å²) in [5, 5.41) is 3.80. The molecule has 1 aliphatic carbocycles. The van der Waals surface area contributed by atoms with Gasteiger partial charge in [0.1, 0.15) is 12.6 Å². The van der Waals surface area contributed by atoms with E-state index < -0.39 is 28.5 Å². The Kier molecular flexibility index (Phi) is 12.2. The van der Waals surface area contributed by atoms with Crippen molar-refractivity contribution in [2.24, 2.45) is 0 Å². The number of sulfonamides is 1. The number of carbonyl (C=O) groups is 2. The molecule has 0 unspecified atom stereocenters. The molecule has 0 radical (unpaired) electrons. The molecule has 0 saturated heterocycles. The summed E-state index contributed by atoms with van der Waals surface area (Å²) in [4.78, 5) is 30.6. The third-order valence-electron chi connectivity index (χ3n) is 9.22. The van der Waals surface area contributed by atoms with Crippen LogP contribution in [0.2, 0.25) is 5.02 Å². The molecule has 258 valence electrons. The van der Waals surface area contributed by atoms with E-state index in [2.05, 4.69) is 19.2 Å². The van der Waals surface area contributed by atoms with Gasteiger partial charge in [0.25, 0.3) is 10.0 Å². The first-order valence-electron chi connectivity index (χ1n) is 17.1. The summed E-state index contributed by atoms with van der Waals surface area (Å²) in [7, 11) is -4.17. The number of nitrogens with one attached hydrogen (secondary N) is 1. The summed E-state index contributed by atoms with van der Waals surface area (Å²) in [5.74, 6) is -0.486. The Labute approximate surface area is 296 Å².